The summed E-state index contributed by atoms with van der Waals surface area (Å²) < 4.78 is 5.48. The minimum Gasteiger partial charge on any atom is -0.466 e. The van der Waals surface area contributed by atoms with Crippen molar-refractivity contribution in [2.45, 2.75) is 379 Å². The van der Waals surface area contributed by atoms with Crippen LogP contribution in [0.4, 0.5) is 0 Å². The van der Waals surface area contributed by atoms with Crippen LogP contribution in [0.5, 0.6) is 0 Å². The van der Waals surface area contributed by atoms with Gasteiger partial charge in [0, 0.05) is 12.8 Å². The quantitative estimate of drug-likeness (QED) is 0.0320. The minimum absolute atomic E-state index is 0.000522. The SMILES string of the molecule is CCCCCCC/C=C\CCCCCCCC(=O)OCCCCCCCCCCCCCCCCCCCCCC(=O)NC(CO)C(O)/C=C/CCCCCCCCCCCCCCCCCCCCCCC. The number of hydrogen-bond donors (Lipinski definition) is 3. The summed E-state index contributed by atoms with van der Waals surface area (Å²) in [5, 5.41) is 23.2. The van der Waals surface area contributed by atoms with E-state index in [-0.39, 0.29) is 18.5 Å². The zero-order valence-corrected chi connectivity index (χ0v) is 49.4. The molecule has 6 heteroatoms. The van der Waals surface area contributed by atoms with Crippen LogP contribution >= 0.6 is 0 Å². The standard InChI is InChI=1S/C67H129NO5/c1-3-5-7-9-11-13-15-17-19-20-21-22-23-24-26-29-32-35-39-43-47-51-55-59-65(70)64(63-69)68-66(71)60-56-52-48-44-40-36-33-30-27-25-28-31-34-38-42-46-50-54-58-62-73-67(72)61-57-53-49-45-41-37-18-16-14-12-10-8-6-4-2/h16,18,55,59,64-65,69-70H,3-15,17,19-54,56-58,60-63H2,1-2H3,(H,68,71)/b18-16-,59-55+. The lowest BCUT2D eigenvalue weighted by Gasteiger charge is -2.20. The summed E-state index contributed by atoms with van der Waals surface area (Å²) in [4.78, 5) is 24.6. The summed E-state index contributed by atoms with van der Waals surface area (Å²) >= 11 is 0. The molecule has 0 saturated heterocycles. The Hall–Kier alpha value is -1.66. The number of esters is 1. The monoisotopic (exact) mass is 1030 g/mol. The van der Waals surface area contributed by atoms with E-state index in [1.807, 2.05) is 6.08 Å². The molecule has 0 saturated carbocycles. The van der Waals surface area contributed by atoms with Gasteiger partial charge in [-0.15, -0.1) is 0 Å². The third-order valence-corrected chi connectivity index (χ3v) is 15.5. The number of carbonyl (C=O) groups is 2. The molecule has 0 aliphatic carbocycles. The predicted octanol–water partition coefficient (Wildman–Crippen LogP) is 21.0. The van der Waals surface area contributed by atoms with Gasteiger partial charge >= 0.3 is 5.97 Å². The van der Waals surface area contributed by atoms with Crippen LogP contribution in [0.2, 0.25) is 0 Å². The first-order chi connectivity index (χ1) is 36.0. The van der Waals surface area contributed by atoms with Gasteiger partial charge in [-0.2, -0.15) is 0 Å². The van der Waals surface area contributed by atoms with Crippen LogP contribution in [0.25, 0.3) is 0 Å². The van der Waals surface area contributed by atoms with Crippen molar-refractivity contribution in [3.63, 3.8) is 0 Å². The normalized spacial score (nSPS) is 12.7. The van der Waals surface area contributed by atoms with Crippen molar-refractivity contribution in [1.29, 1.82) is 0 Å². The molecule has 0 aromatic carbocycles. The second-order valence-electron chi connectivity index (χ2n) is 22.8. The van der Waals surface area contributed by atoms with Gasteiger partial charge < -0.3 is 20.3 Å². The molecular weight excluding hydrogens is 899 g/mol. The molecule has 0 fully saturated rings. The molecule has 0 spiro atoms. The summed E-state index contributed by atoms with van der Waals surface area (Å²) in [6.07, 6.45) is 78.0. The number of aliphatic hydroxyl groups is 2. The topological polar surface area (TPSA) is 95.9 Å². The van der Waals surface area contributed by atoms with E-state index >= 15 is 0 Å². The highest BCUT2D eigenvalue weighted by atomic mass is 16.5. The molecule has 1 amide bonds. The average molecular weight is 1030 g/mol. The third kappa shape index (κ3) is 59.4. The molecule has 3 N–H and O–H groups in total. The molecule has 2 unspecified atom stereocenters. The Balaban J connectivity index is 3.43. The Bertz CT molecular complexity index is 1140. The van der Waals surface area contributed by atoms with Gasteiger partial charge in [0.2, 0.25) is 5.91 Å². The van der Waals surface area contributed by atoms with E-state index in [0.29, 0.717) is 19.4 Å². The lowest BCUT2D eigenvalue weighted by atomic mass is 10.0. The van der Waals surface area contributed by atoms with Gasteiger partial charge in [0.25, 0.3) is 0 Å². The minimum atomic E-state index is -0.848. The van der Waals surface area contributed by atoms with Crippen molar-refractivity contribution < 1.29 is 24.5 Å². The van der Waals surface area contributed by atoms with E-state index in [0.717, 1.165) is 44.9 Å². The number of carbonyl (C=O) groups excluding carboxylic acids is 2. The van der Waals surface area contributed by atoms with Gasteiger partial charge in [-0.1, -0.05) is 321 Å². The van der Waals surface area contributed by atoms with Gasteiger partial charge in [0.05, 0.1) is 25.4 Å². The number of rotatable bonds is 62. The molecule has 0 radical (unpaired) electrons. The maximum Gasteiger partial charge on any atom is 0.305 e. The van der Waals surface area contributed by atoms with E-state index < -0.39 is 12.1 Å². The number of nitrogens with one attached hydrogen (secondary N) is 1. The third-order valence-electron chi connectivity index (χ3n) is 15.5. The van der Waals surface area contributed by atoms with Crippen molar-refractivity contribution >= 4 is 11.9 Å². The summed E-state index contributed by atoms with van der Waals surface area (Å²) in [6.45, 7) is 4.92. The number of aliphatic hydroxyl groups excluding tert-OH is 2. The predicted molar refractivity (Wildman–Crippen MR) is 320 cm³/mol. The second kappa shape index (κ2) is 62.9. The van der Waals surface area contributed by atoms with Gasteiger partial charge in [-0.05, 0) is 57.8 Å². The lowest BCUT2D eigenvalue weighted by molar-refractivity contribution is -0.143. The zero-order chi connectivity index (χ0) is 52.9. The van der Waals surface area contributed by atoms with Crippen LogP contribution < -0.4 is 5.32 Å². The van der Waals surface area contributed by atoms with Crippen LogP contribution in [0.15, 0.2) is 24.3 Å². The first-order valence-corrected chi connectivity index (χ1v) is 33.1. The fraction of sp³-hybridized carbons (Fsp3) is 0.910. The first-order valence-electron chi connectivity index (χ1n) is 33.1. The highest BCUT2D eigenvalue weighted by Crippen LogP contribution is 2.18. The van der Waals surface area contributed by atoms with E-state index in [2.05, 4.69) is 31.3 Å². The average Bonchev–Trinajstić information content (AvgIpc) is 3.39. The molecule has 432 valence electrons. The number of unbranched alkanes of at least 4 members (excludes halogenated alkanes) is 49. The first kappa shape index (κ1) is 71.3. The molecule has 0 aliphatic rings. The molecule has 0 aromatic heterocycles. The Morgan fingerprint density at radius 3 is 0.973 bits per heavy atom. The fourth-order valence-corrected chi connectivity index (χ4v) is 10.4. The van der Waals surface area contributed by atoms with Crippen molar-refractivity contribution in [1.82, 2.24) is 5.32 Å². The van der Waals surface area contributed by atoms with E-state index in [1.54, 1.807) is 6.08 Å². The molecule has 0 heterocycles. The van der Waals surface area contributed by atoms with E-state index in [9.17, 15) is 19.8 Å². The Morgan fingerprint density at radius 1 is 0.370 bits per heavy atom. The molecular formula is C67H129NO5. The van der Waals surface area contributed by atoms with Crippen LogP contribution in [-0.4, -0.2) is 47.4 Å². The fourth-order valence-electron chi connectivity index (χ4n) is 10.4. The molecule has 0 rings (SSSR count). The molecule has 0 aliphatic heterocycles. The summed E-state index contributed by atoms with van der Waals surface area (Å²) in [6, 6.07) is -0.631. The Labute approximate surface area is 456 Å². The Kier molecular flexibility index (Phi) is 61.4. The molecule has 73 heavy (non-hydrogen) atoms. The summed E-state index contributed by atoms with van der Waals surface area (Å²) in [7, 11) is 0. The molecule has 0 aromatic rings. The van der Waals surface area contributed by atoms with Gasteiger partial charge in [-0.25, -0.2) is 0 Å². The van der Waals surface area contributed by atoms with Crippen molar-refractivity contribution in [2.24, 2.45) is 0 Å². The summed E-state index contributed by atoms with van der Waals surface area (Å²) in [5.41, 5.74) is 0. The Morgan fingerprint density at radius 2 is 0.644 bits per heavy atom. The van der Waals surface area contributed by atoms with Crippen molar-refractivity contribution in [2.75, 3.05) is 13.2 Å². The lowest BCUT2D eigenvalue weighted by Crippen LogP contribution is -2.45. The molecule has 0 bridgehead atoms. The highest BCUT2D eigenvalue weighted by Gasteiger charge is 2.18. The smallest absolute Gasteiger partial charge is 0.305 e. The van der Waals surface area contributed by atoms with Gasteiger partial charge in [-0.3, -0.25) is 9.59 Å². The van der Waals surface area contributed by atoms with Crippen molar-refractivity contribution in [3.05, 3.63) is 24.3 Å². The van der Waals surface area contributed by atoms with Crippen LogP contribution in [0, 0.1) is 0 Å². The molecule has 2 atom stereocenters. The van der Waals surface area contributed by atoms with E-state index in [4.69, 9.17) is 4.74 Å². The highest BCUT2D eigenvalue weighted by molar-refractivity contribution is 5.76. The second-order valence-corrected chi connectivity index (χ2v) is 22.8. The number of amides is 1. The number of hydrogen-bond acceptors (Lipinski definition) is 5. The van der Waals surface area contributed by atoms with Crippen LogP contribution in [-0.2, 0) is 14.3 Å². The largest absolute Gasteiger partial charge is 0.466 e. The van der Waals surface area contributed by atoms with Crippen molar-refractivity contribution in [3.8, 4) is 0 Å². The maximum absolute atomic E-state index is 12.5. The number of ether oxygens (including phenoxy) is 1. The van der Waals surface area contributed by atoms with E-state index in [1.165, 1.54) is 295 Å². The molecule has 6 nitrogen and oxygen atoms in total. The van der Waals surface area contributed by atoms with Gasteiger partial charge in [0.1, 0.15) is 0 Å². The van der Waals surface area contributed by atoms with Crippen LogP contribution in [0.3, 0.4) is 0 Å². The zero-order valence-electron chi connectivity index (χ0n) is 49.4. The number of allylic oxidation sites excluding steroid dienone is 3. The van der Waals surface area contributed by atoms with Gasteiger partial charge in [0.15, 0.2) is 0 Å². The summed E-state index contributed by atoms with van der Waals surface area (Å²) in [5.74, 6) is -0.0666. The maximum atomic E-state index is 12.5. The van der Waals surface area contributed by atoms with Crippen LogP contribution in [0.1, 0.15) is 367 Å².